The number of amides is 1. The van der Waals surface area contributed by atoms with E-state index in [9.17, 15) is 13.2 Å². The van der Waals surface area contributed by atoms with Crippen molar-refractivity contribution >= 4 is 33.2 Å². The SMILES string of the molecule is Cc1ccc(CNS(=O)(=O)c2cc3c(cc2Cl)N(Cc2noc(C4CC4)n2)C(=O)CO3)cc1. The summed E-state index contributed by atoms with van der Waals surface area (Å²) in [5, 5.41) is 3.93. The number of aryl methyl sites for hydroxylation is 1. The molecule has 1 aromatic heterocycles. The Morgan fingerprint density at radius 2 is 1.97 bits per heavy atom. The van der Waals surface area contributed by atoms with Crippen LogP contribution in [0.4, 0.5) is 5.69 Å². The van der Waals surface area contributed by atoms with E-state index in [1.807, 2.05) is 31.2 Å². The van der Waals surface area contributed by atoms with Crippen molar-refractivity contribution < 1.29 is 22.5 Å². The number of aromatic nitrogens is 2. The van der Waals surface area contributed by atoms with Gasteiger partial charge in [-0.25, -0.2) is 13.1 Å². The van der Waals surface area contributed by atoms with Crippen molar-refractivity contribution in [2.24, 2.45) is 0 Å². The fraction of sp³-hybridized carbons (Fsp3) is 0.318. The first-order valence-corrected chi connectivity index (χ1v) is 12.3. The van der Waals surface area contributed by atoms with E-state index in [1.165, 1.54) is 17.0 Å². The molecule has 1 saturated carbocycles. The average molecular weight is 489 g/mol. The maximum atomic E-state index is 12.9. The lowest BCUT2D eigenvalue weighted by molar-refractivity contribution is -0.121. The van der Waals surface area contributed by atoms with Crippen molar-refractivity contribution in [3.05, 3.63) is 64.3 Å². The number of sulfonamides is 1. The van der Waals surface area contributed by atoms with Crippen molar-refractivity contribution in [1.82, 2.24) is 14.9 Å². The molecule has 0 unspecified atom stereocenters. The third-order valence-electron chi connectivity index (χ3n) is 5.54. The lowest BCUT2D eigenvalue weighted by Crippen LogP contribution is -2.38. The van der Waals surface area contributed by atoms with E-state index in [0.29, 0.717) is 23.3 Å². The molecule has 1 fully saturated rings. The Labute approximate surface area is 195 Å². The molecule has 1 N–H and O–H groups in total. The van der Waals surface area contributed by atoms with Crippen LogP contribution in [0.25, 0.3) is 0 Å². The molecular weight excluding hydrogens is 468 g/mol. The van der Waals surface area contributed by atoms with E-state index in [4.69, 9.17) is 20.9 Å². The predicted molar refractivity (Wildman–Crippen MR) is 120 cm³/mol. The number of hydrogen-bond acceptors (Lipinski definition) is 7. The molecule has 1 aliphatic heterocycles. The number of fused-ring (bicyclic) bond motifs is 1. The lowest BCUT2D eigenvalue weighted by atomic mass is 10.2. The largest absolute Gasteiger partial charge is 0.482 e. The lowest BCUT2D eigenvalue weighted by Gasteiger charge is -2.29. The van der Waals surface area contributed by atoms with Gasteiger partial charge in [-0.15, -0.1) is 0 Å². The van der Waals surface area contributed by atoms with E-state index < -0.39 is 10.0 Å². The highest BCUT2D eigenvalue weighted by Gasteiger charge is 2.33. The molecule has 1 amide bonds. The van der Waals surface area contributed by atoms with E-state index in [0.717, 1.165) is 24.0 Å². The van der Waals surface area contributed by atoms with Crippen molar-refractivity contribution in [1.29, 1.82) is 0 Å². The first-order valence-electron chi connectivity index (χ1n) is 10.4. The number of rotatable bonds is 7. The summed E-state index contributed by atoms with van der Waals surface area (Å²) in [6, 6.07) is 10.3. The number of carbonyl (C=O) groups is 1. The van der Waals surface area contributed by atoms with Crippen molar-refractivity contribution in [2.45, 2.75) is 43.7 Å². The Balaban J connectivity index is 1.38. The minimum absolute atomic E-state index is 0.0276. The van der Waals surface area contributed by atoms with Crippen LogP contribution in [0, 0.1) is 6.92 Å². The van der Waals surface area contributed by atoms with Gasteiger partial charge in [0.25, 0.3) is 5.91 Å². The minimum atomic E-state index is -3.93. The quantitative estimate of drug-likeness (QED) is 0.542. The molecule has 3 aromatic rings. The molecule has 5 rings (SSSR count). The van der Waals surface area contributed by atoms with Crippen molar-refractivity contribution in [3.8, 4) is 5.75 Å². The first-order chi connectivity index (χ1) is 15.8. The number of carbonyl (C=O) groups excluding carboxylic acids is 1. The standard InChI is InChI=1S/C22H21ClN4O5S/c1-13-2-4-14(5-3-13)10-24-33(29,30)19-9-18-17(8-16(19)23)27(21(28)12-31-18)11-20-25-22(32-26-20)15-6-7-15/h2-5,8-9,15,24H,6-7,10-12H2,1H3. The van der Waals surface area contributed by atoms with Crippen LogP contribution in [-0.4, -0.2) is 31.1 Å². The average Bonchev–Trinajstić information content (AvgIpc) is 3.53. The first kappa shape index (κ1) is 21.9. The van der Waals surface area contributed by atoms with Gasteiger partial charge in [-0.2, -0.15) is 4.98 Å². The highest BCUT2D eigenvalue weighted by atomic mass is 35.5. The monoisotopic (exact) mass is 488 g/mol. The van der Waals surface area contributed by atoms with E-state index in [2.05, 4.69) is 14.9 Å². The van der Waals surface area contributed by atoms with Gasteiger partial charge in [-0.05, 0) is 31.4 Å². The molecule has 0 bridgehead atoms. The number of anilines is 1. The van der Waals surface area contributed by atoms with Crippen molar-refractivity contribution in [3.63, 3.8) is 0 Å². The molecule has 1 aliphatic carbocycles. The molecule has 0 saturated heterocycles. The summed E-state index contributed by atoms with van der Waals surface area (Å²) in [7, 11) is -3.93. The van der Waals surface area contributed by atoms with E-state index >= 15 is 0 Å². The maximum absolute atomic E-state index is 12.9. The van der Waals surface area contributed by atoms with Crippen LogP contribution in [0.1, 0.15) is 41.6 Å². The molecular formula is C22H21ClN4O5S. The second kappa shape index (κ2) is 8.44. The Morgan fingerprint density at radius 3 is 2.70 bits per heavy atom. The summed E-state index contributed by atoms with van der Waals surface area (Å²) < 4.78 is 39.2. The summed E-state index contributed by atoms with van der Waals surface area (Å²) in [5.74, 6) is 1.16. The van der Waals surface area contributed by atoms with Crippen LogP contribution in [0.3, 0.4) is 0 Å². The van der Waals surface area contributed by atoms with Crippen LogP contribution in [0.5, 0.6) is 5.75 Å². The fourth-order valence-electron chi connectivity index (χ4n) is 3.51. The molecule has 0 atom stereocenters. The van der Waals surface area contributed by atoms with Crippen LogP contribution in [0.2, 0.25) is 5.02 Å². The summed E-state index contributed by atoms with van der Waals surface area (Å²) >= 11 is 6.36. The van der Waals surface area contributed by atoms with Gasteiger partial charge in [0, 0.05) is 18.5 Å². The normalized spacial score (nSPS) is 15.9. The molecule has 2 aromatic carbocycles. The highest BCUT2D eigenvalue weighted by molar-refractivity contribution is 7.89. The number of nitrogens with one attached hydrogen (secondary N) is 1. The molecule has 9 nitrogen and oxygen atoms in total. The summed E-state index contributed by atoms with van der Waals surface area (Å²) in [5.41, 5.74) is 2.25. The van der Waals surface area contributed by atoms with Crippen LogP contribution < -0.4 is 14.4 Å². The van der Waals surface area contributed by atoms with E-state index in [1.54, 1.807) is 0 Å². The number of halogens is 1. The second-order valence-electron chi connectivity index (χ2n) is 8.15. The second-order valence-corrected chi connectivity index (χ2v) is 10.3. The number of nitrogens with zero attached hydrogens (tertiary/aromatic N) is 3. The summed E-state index contributed by atoms with van der Waals surface area (Å²) in [4.78, 5) is 18.2. The van der Waals surface area contributed by atoms with Crippen LogP contribution in [-0.2, 0) is 27.9 Å². The molecule has 0 spiro atoms. The number of ether oxygens (including phenoxy) is 1. The van der Waals surface area contributed by atoms with Crippen LogP contribution >= 0.6 is 11.6 Å². The Kier molecular flexibility index (Phi) is 5.59. The Hall–Kier alpha value is -2.95. The molecule has 2 heterocycles. The summed E-state index contributed by atoms with van der Waals surface area (Å²) in [6.45, 7) is 1.90. The predicted octanol–water partition coefficient (Wildman–Crippen LogP) is 3.31. The smallest absolute Gasteiger partial charge is 0.265 e. The zero-order valence-electron chi connectivity index (χ0n) is 17.7. The third kappa shape index (κ3) is 4.59. The fourth-order valence-corrected chi connectivity index (χ4v) is 5.07. The molecule has 172 valence electrons. The van der Waals surface area contributed by atoms with Crippen LogP contribution in [0.15, 0.2) is 45.8 Å². The van der Waals surface area contributed by atoms with Gasteiger partial charge in [-0.3, -0.25) is 9.69 Å². The topological polar surface area (TPSA) is 115 Å². The van der Waals surface area contributed by atoms with Gasteiger partial charge >= 0.3 is 0 Å². The van der Waals surface area contributed by atoms with Gasteiger partial charge in [0.15, 0.2) is 12.4 Å². The zero-order chi connectivity index (χ0) is 23.2. The number of hydrogen-bond donors (Lipinski definition) is 1. The number of benzene rings is 2. The van der Waals surface area contributed by atoms with Gasteiger partial charge in [0.2, 0.25) is 15.9 Å². The van der Waals surface area contributed by atoms with Gasteiger partial charge in [-0.1, -0.05) is 46.6 Å². The highest BCUT2D eigenvalue weighted by Crippen LogP contribution is 2.40. The van der Waals surface area contributed by atoms with E-state index in [-0.39, 0.29) is 41.3 Å². The molecule has 33 heavy (non-hydrogen) atoms. The van der Waals surface area contributed by atoms with Crippen molar-refractivity contribution in [2.75, 3.05) is 11.5 Å². The zero-order valence-corrected chi connectivity index (χ0v) is 19.3. The maximum Gasteiger partial charge on any atom is 0.265 e. The Morgan fingerprint density at radius 1 is 1.21 bits per heavy atom. The molecule has 0 radical (unpaired) electrons. The molecule has 2 aliphatic rings. The minimum Gasteiger partial charge on any atom is -0.482 e. The summed E-state index contributed by atoms with van der Waals surface area (Å²) in [6.07, 6.45) is 2.04. The Bertz CT molecular complexity index is 1320. The van der Waals surface area contributed by atoms with Gasteiger partial charge in [0.1, 0.15) is 10.6 Å². The molecule has 11 heteroatoms. The van der Waals surface area contributed by atoms with Gasteiger partial charge < -0.3 is 9.26 Å². The van der Waals surface area contributed by atoms with Gasteiger partial charge in [0.05, 0.1) is 17.3 Å². The third-order valence-corrected chi connectivity index (χ3v) is 7.41.